The first-order valence-electron chi connectivity index (χ1n) is 7.86. The van der Waals surface area contributed by atoms with Crippen LogP contribution in [0.15, 0.2) is 54.6 Å². The Labute approximate surface area is 143 Å². The number of halogens is 1. The Bertz CT molecular complexity index is 877. The average molecular weight is 341 g/mol. The van der Waals surface area contributed by atoms with E-state index in [-0.39, 0.29) is 17.8 Å². The summed E-state index contributed by atoms with van der Waals surface area (Å²) in [6, 6.07) is 16.5. The molecule has 0 bridgehead atoms. The smallest absolute Gasteiger partial charge is 0.264 e. The van der Waals surface area contributed by atoms with E-state index >= 15 is 0 Å². The summed E-state index contributed by atoms with van der Waals surface area (Å²) < 4.78 is 20.5. The van der Waals surface area contributed by atoms with Crippen LogP contribution < -0.4 is 0 Å². The molecular formula is C19H16FNO2S. The predicted octanol–water partition coefficient (Wildman–Crippen LogP) is 4.25. The Hall–Kier alpha value is -2.24. The highest BCUT2D eigenvalue weighted by Crippen LogP contribution is 2.30. The van der Waals surface area contributed by atoms with Gasteiger partial charge in [0.15, 0.2) is 0 Å². The van der Waals surface area contributed by atoms with E-state index in [4.69, 9.17) is 4.74 Å². The molecule has 1 saturated heterocycles. The number of rotatable bonds is 2. The molecule has 0 spiro atoms. The number of carbonyl (C=O) groups is 1. The summed E-state index contributed by atoms with van der Waals surface area (Å²) >= 11 is 1.34. The minimum Gasteiger partial charge on any atom is -0.370 e. The molecule has 3 aromatic rings. The van der Waals surface area contributed by atoms with Gasteiger partial charge in [0.2, 0.25) is 0 Å². The van der Waals surface area contributed by atoms with Gasteiger partial charge in [-0.15, -0.1) is 11.3 Å². The minimum absolute atomic E-state index is 0.0557. The normalized spacial score (nSPS) is 18.0. The van der Waals surface area contributed by atoms with Gasteiger partial charge in [0, 0.05) is 16.6 Å². The minimum atomic E-state index is -0.285. The van der Waals surface area contributed by atoms with Gasteiger partial charge >= 0.3 is 0 Å². The third kappa shape index (κ3) is 2.81. The second kappa shape index (κ2) is 6.34. The van der Waals surface area contributed by atoms with E-state index in [1.807, 2.05) is 36.4 Å². The fourth-order valence-corrected chi connectivity index (χ4v) is 4.03. The lowest BCUT2D eigenvalue weighted by atomic mass is 10.1. The molecule has 1 aromatic heterocycles. The maximum Gasteiger partial charge on any atom is 0.264 e. The number of carbonyl (C=O) groups excluding carboxylic acids is 1. The first-order chi connectivity index (χ1) is 11.7. The van der Waals surface area contributed by atoms with Gasteiger partial charge in [-0.05, 0) is 23.8 Å². The number of hydrogen-bond donors (Lipinski definition) is 0. The monoisotopic (exact) mass is 341 g/mol. The quantitative estimate of drug-likeness (QED) is 0.697. The molecule has 1 fully saturated rings. The SMILES string of the molecule is O=C(c1cc2c(F)cccc2s1)N1CCO[C@@H](c2ccccc2)C1. The summed E-state index contributed by atoms with van der Waals surface area (Å²) in [6.07, 6.45) is -0.116. The van der Waals surface area contributed by atoms with Crippen molar-refractivity contribution >= 4 is 27.3 Å². The van der Waals surface area contributed by atoms with E-state index < -0.39 is 0 Å². The van der Waals surface area contributed by atoms with Crippen LogP contribution in [0.1, 0.15) is 21.3 Å². The number of thiophene rings is 1. The predicted molar refractivity (Wildman–Crippen MR) is 92.8 cm³/mol. The van der Waals surface area contributed by atoms with E-state index in [0.717, 1.165) is 10.3 Å². The van der Waals surface area contributed by atoms with Crippen LogP contribution in [0.4, 0.5) is 4.39 Å². The Morgan fingerprint density at radius 2 is 2.00 bits per heavy atom. The fourth-order valence-electron chi connectivity index (χ4n) is 2.99. The number of amides is 1. The van der Waals surface area contributed by atoms with Crippen molar-refractivity contribution in [2.24, 2.45) is 0 Å². The van der Waals surface area contributed by atoms with Crippen molar-refractivity contribution in [3.8, 4) is 0 Å². The lowest BCUT2D eigenvalue weighted by molar-refractivity contribution is -0.0226. The Morgan fingerprint density at radius 3 is 2.79 bits per heavy atom. The largest absolute Gasteiger partial charge is 0.370 e. The molecule has 0 radical (unpaired) electrons. The molecule has 1 aliphatic rings. The molecule has 0 unspecified atom stereocenters. The molecule has 5 heteroatoms. The second-order valence-corrected chi connectivity index (χ2v) is 6.87. The molecule has 1 atom stereocenters. The van der Waals surface area contributed by atoms with Crippen molar-refractivity contribution in [2.45, 2.75) is 6.10 Å². The van der Waals surface area contributed by atoms with Crippen molar-refractivity contribution in [1.82, 2.24) is 4.90 Å². The van der Waals surface area contributed by atoms with Crippen LogP contribution in [0, 0.1) is 5.82 Å². The standard InChI is InChI=1S/C19H16FNO2S/c20-15-7-4-8-17-14(15)11-18(24-17)19(22)21-9-10-23-16(12-21)13-5-2-1-3-6-13/h1-8,11,16H,9-10,12H2/t16-/m1/s1. The second-order valence-electron chi connectivity index (χ2n) is 5.78. The van der Waals surface area contributed by atoms with E-state index in [1.165, 1.54) is 17.4 Å². The Kier molecular flexibility index (Phi) is 4.04. The molecule has 2 aromatic carbocycles. The molecule has 1 aliphatic heterocycles. The van der Waals surface area contributed by atoms with Gasteiger partial charge in [-0.1, -0.05) is 36.4 Å². The van der Waals surface area contributed by atoms with Gasteiger partial charge in [0.25, 0.3) is 5.91 Å². The van der Waals surface area contributed by atoms with Gasteiger partial charge in [-0.25, -0.2) is 4.39 Å². The molecule has 3 nitrogen and oxygen atoms in total. The molecule has 0 aliphatic carbocycles. The molecule has 122 valence electrons. The van der Waals surface area contributed by atoms with Crippen molar-refractivity contribution < 1.29 is 13.9 Å². The van der Waals surface area contributed by atoms with Crippen LogP contribution in [0.25, 0.3) is 10.1 Å². The van der Waals surface area contributed by atoms with E-state index in [1.54, 1.807) is 17.0 Å². The first-order valence-corrected chi connectivity index (χ1v) is 8.68. The van der Waals surface area contributed by atoms with Crippen LogP contribution in [0.3, 0.4) is 0 Å². The maximum atomic E-state index is 13.9. The van der Waals surface area contributed by atoms with E-state index in [2.05, 4.69) is 0 Å². The lowest BCUT2D eigenvalue weighted by Gasteiger charge is -2.33. The van der Waals surface area contributed by atoms with Crippen LogP contribution in [-0.4, -0.2) is 30.5 Å². The molecular weight excluding hydrogens is 325 g/mol. The summed E-state index contributed by atoms with van der Waals surface area (Å²) in [4.78, 5) is 15.2. The third-order valence-electron chi connectivity index (χ3n) is 4.24. The fraction of sp³-hybridized carbons (Fsp3) is 0.211. The first kappa shape index (κ1) is 15.3. The van der Waals surface area contributed by atoms with E-state index in [0.29, 0.717) is 30.0 Å². The molecule has 4 rings (SSSR count). The van der Waals surface area contributed by atoms with Crippen LogP contribution in [0.5, 0.6) is 0 Å². The van der Waals surface area contributed by atoms with Crippen molar-refractivity contribution in [2.75, 3.05) is 19.7 Å². The summed E-state index contributed by atoms with van der Waals surface area (Å²) in [6.45, 7) is 1.57. The van der Waals surface area contributed by atoms with E-state index in [9.17, 15) is 9.18 Å². The highest BCUT2D eigenvalue weighted by Gasteiger charge is 2.27. The zero-order valence-corrected chi connectivity index (χ0v) is 13.8. The number of morpholine rings is 1. The Morgan fingerprint density at radius 1 is 1.17 bits per heavy atom. The molecule has 0 N–H and O–H groups in total. The zero-order valence-electron chi connectivity index (χ0n) is 12.9. The van der Waals surface area contributed by atoms with Gasteiger partial charge in [0.05, 0.1) is 18.0 Å². The average Bonchev–Trinajstić information content (AvgIpc) is 3.08. The number of hydrogen-bond acceptors (Lipinski definition) is 3. The van der Waals surface area contributed by atoms with Crippen molar-refractivity contribution in [3.05, 3.63) is 70.9 Å². The van der Waals surface area contributed by atoms with Gasteiger partial charge < -0.3 is 9.64 Å². The maximum absolute atomic E-state index is 13.9. The summed E-state index contributed by atoms with van der Waals surface area (Å²) in [5.74, 6) is -0.341. The lowest BCUT2D eigenvalue weighted by Crippen LogP contribution is -2.42. The van der Waals surface area contributed by atoms with Crippen LogP contribution in [0.2, 0.25) is 0 Å². The number of nitrogens with zero attached hydrogens (tertiary/aromatic N) is 1. The number of benzene rings is 2. The summed E-state index contributed by atoms with van der Waals surface area (Å²) in [7, 11) is 0. The molecule has 0 saturated carbocycles. The summed E-state index contributed by atoms with van der Waals surface area (Å²) in [5, 5.41) is 0.513. The highest BCUT2D eigenvalue weighted by atomic mass is 32.1. The zero-order chi connectivity index (χ0) is 16.5. The van der Waals surface area contributed by atoms with Gasteiger partial charge in [0.1, 0.15) is 11.9 Å². The molecule has 2 heterocycles. The number of ether oxygens (including phenoxy) is 1. The van der Waals surface area contributed by atoms with Crippen molar-refractivity contribution in [3.63, 3.8) is 0 Å². The molecule has 1 amide bonds. The molecule has 24 heavy (non-hydrogen) atoms. The summed E-state index contributed by atoms with van der Waals surface area (Å²) in [5.41, 5.74) is 1.07. The van der Waals surface area contributed by atoms with Crippen LogP contribution in [-0.2, 0) is 4.74 Å². The highest BCUT2D eigenvalue weighted by molar-refractivity contribution is 7.20. The number of fused-ring (bicyclic) bond motifs is 1. The topological polar surface area (TPSA) is 29.5 Å². The van der Waals surface area contributed by atoms with Gasteiger partial charge in [-0.2, -0.15) is 0 Å². The van der Waals surface area contributed by atoms with Crippen molar-refractivity contribution in [1.29, 1.82) is 0 Å². The third-order valence-corrected chi connectivity index (χ3v) is 5.33. The Balaban J connectivity index is 1.58. The van der Waals surface area contributed by atoms with Gasteiger partial charge in [-0.3, -0.25) is 4.79 Å². The van der Waals surface area contributed by atoms with Crippen LogP contribution >= 0.6 is 11.3 Å².